The van der Waals surface area contributed by atoms with Crippen LogP contribution in [0.1, 0.15) is 30.5 Å². The first-order chi connectivity index (χ1) is 17.6. The second kappa shape index (κ2) is 12.7. The molecule has 3 amide bonds. The molecule has 1 heterocycles. The highest BCUT2D eigenvalue weighted by molar-refractivity contribution is 7.80. The molecule has 0 saturated carbocycles. The summed E-state index contributed by atoms with van der Waals surface area (Å²) in [5, 5.41) is 15.1. The molecule has 198 valence electrons. The van der Waals surface area contributed by atoms with Gasteiger partial charge in [0.2, 0.25) is 17.7 Å². The third kappa shape index (κ3) is 7.11. The normalized spacial score (nSPS) is 17.3. The molecule has 0 saturated heterocycles. The highest BCUT2D eigenvalue weighted by Gasteiger charge is 2.40. The maximum absolute atomic E-state index is 13.8. The predicted molar refractivity (Wildman–Crippen MR) is 143 cm³/mol. The summed E-state index contributed by atoms with van der Waals surface area (Å²) in [6.07, 6.45) is 0.325. The number of nitrogens with two attached hydrogens (primary N) is 1. The van der Waals surface area contributed by atoms with Crippen LogP contribution in [-0.2, 0) is 38.6 Å². The van der Waals surface area contributed by atoms with E-state index in [2.05, 4.69) is 23.3 Å². The van der Waals surface area contributed by atoms with Gasteiger partial charge in [0.05, 0.1) is 6.04 Å². The highest BCUT2D eigenvalue weighted by Crippen LogP contribution is 2.25. The van der Waals surface area contributed by atoms with Crippen molar-refractivity contribution in [1.82, 2.24) is 15.5 Å². The summed E-state index contributed by atoms with van der Waals surface area (Å²) in [6.45, 7) is 3.74. The fourth-order valence-corrected chi connectivity index (χ4v) is 4.51. The van der Waals surface area contributed by atoms with E-state index >= 15 is 0 Å². The molecular weight excluding hydrogens is 492 g/mol. The van der Waals surface area contributed by atoms with Gasteiger partial charge in [-0.2, -0.15) is 12.6 Å². The SMILES string of the molecule is CC(C)[C@H](NC(=O)[C@@H](N)CS)C(=O)N1Cc2ccccc2CC1C(=O)NC(Cc1ccccc1)C(=O)O. The van der Waals surface area contributed by atoms with Gasteiger partial charge < -0.3 is 26.4 Å². The Balaban J connectivity index is 1.88. The lowest BCUT2D eigenvalue weighted by molar-refractivity contribution is -0.147. The van der Waals surface area contributed by atoms with Crippen molar-refractivity contribution in [3.8, 4) is 0 Å². The van der Waals surface area contributed by atoms with Crippen molar-refractivity contribution in [3.63, 3.8) is 0 Å². The summed E-state index contributed by atoms with van der Waals surface area (Å²) in [5.74, 6) is -2.83. The first-order valence-corrected chi connectivity index (χ1v) is 12.9. The van der Waals surface area contributed by atoms with Crippen LogP contribution >= 0.6 is 12.6 Å². The molecule has 2 aromatic rings. The summed E-state index contributed by atoms with van der Waals surface area (Å²) >= 11 is 4.06. The standard InChI is InChI=1S/C27H34N4O5S/c1-16(2)23(30-24(32)20(28)15-37)26(34)31-14-19-11-7-6-10-18(19)13-22(31)25(33)29-21(27(35)36)12-17-8-4-3-5-9-17/h3-11,16,20-23,37H,12-15,28H2,1-2H3,(H,29,33)(H,30,32)(H,35,36)/t20-,21?,22?,23-/m0/s1. The number of nitrogens with one attached hydrogen (secondary N) is 2. The number of amides is 3. The van der Waals surface area contributed by atoms with E-state index in [0.29, 0.717) is 0 Å². The number of rotatable bonds is 10. The average molecular weight is 527 g/mol. The molecule has 0 spiro atoms. The van der Waals surface area contributed by atoms with Crippen LogP contribution in [0.15, 0.2) is 54.6 Å². The minimum absolute atomic E-state index is 0.103. The topological polar surface area (TPSA) is 142 Å². The Hall–Kier alpha value is -3.37. The molecule has 0 bridgehead atoms. The van der Waals surface area contributed by atoms with Gasteiger partial charge in [0.25, 0.3) is 0 Å². The number of hydrogen-bond acceptors (Lipinski definition) is 6. The first-order valence-electron chi connectivity index (χ1n) is 12.2. The van der Waals surface area contributed by atoms with E-state index in [9.17, 15) is 24.3 Å². The van der Waals surface area contributed by atoms with Gasteiger partial charge in [-0.1, -0.05) is 68.4 Å². The van der Waals surface area contributed by atoms with Crippen molar-refractivity contribution >= 4 is 36.3 Å². The van der Waals surface area contributed by atoms with Gasteiger partial charge in [-0.05, 0) is 22.6 Å². The van der Waals surface area contributed by atoms with Gasteiger partial charge in [-0.3, -0.25) is 14.4 Å². The van der Waals surface area contributed by atoms with E-state index in [0.717, 1.165) is 16.7 Å². The predicted octanol–water partition coefficient (Wildman–Crippen LogP) is 1.15. The van der Waals surface area contributed by atoms with Crippen molar-refractivity contribution in [2.75, 3.05) is 5.75 Å². The highest BCUT2D eigenvalue weighted by atomic mass is 32.1. The largest absolute Gasteiger partial charge is 0.480 e. The van der Waals surface area contributed by atoms with Crippen LogP contribution in [0.25, 0.3) is 0 Å². The number of thiol groups is 1. The molecule has 5 N–H and O–H groups in total. The number of carbonyl (C=O) groups excluding carboxylic acids is 3. The van der Waals surface area contributed by atoms with Gasteiger partial charge >= 0.3 is 5.97 Å². The summed E-state index contributed by atoms with van der Waals surface area (Å²) in [7, 11) is 0. The third-order valence-corrected chi connectivity index (χ3v) is 6.89. The molecule has 2 aromatic carbocycles. The quantitative estimate of drug-likeness (QED) is 0.294. The zero-order chi connectivity index (χ0) is 27.1. The second-order valence-electron chi connectivity index (χ2n) is 9.56. The van der Waals surface area contributed by atoms with Crippen LogP contribution in [0, 0.1) is 5.92 Å². The molecule has 1 aliphatic heterocycles. The van der Waals surface area contributed by atoms with E-state index in [1.54, 1.807) is 38.1 Å². The van der Waals surface area contributed by atoms with Crippen molar-refractivity contribution in [2.45, 2.75) is 57.4 Å². The molecule has 2 unspecified atom stereocenters. The van der Waals surface area contributed by atoms with Crippen LogP contribution in [0.2, 0.25) is 0 Å². The smallest absolute Gasteiger partial charge is 0.326 e. The number of carboxylic acid groups (broad SMARTS) is 1. The minimum atomic E-state index is -1.17. The van der Waals surface area contributed by atoms with Crippen molar-refractivity contribution in [2.24, 2.45) is 11.7 Å². The zero-order valence-corrected chi connectivity index (χ0v) is 21.9. The van der Waals surface area contributed by atoms with Crippen LogP contribution in [-0.4, -0.2) is 63.6 Å². The van der Waals surface area contributed by atoms with Crippen molar-refractivity contribution in [1.29, 1.82) is 0 Å². The number of hydrogen-bond donors (Lipinski definition) is 5. The summed E-state index contributed by atoms with van der Waals surface area (Å²) < 4.78 is 0. The van der Waals surface area contributed by atoms with Gasteiger partial charge in [0, 0.05) is 25.1 Å². The van der Waals surface area contributed by atoms with E-state index in [1.807, 2.05) is 30.3 Å². The molecule has 0 fully saturated rings. The van der Waals surface area contributed by atoms with E-state index in [1.165, 1.54) is 4.90 Å². The van der Waals surface area contributed by atoms with Gasteiger partial charge in [-0.15, -0.1) is 0 Å². The molecule has 0 aromatic heterocycles. The molecule has 10 heteroatoms. The Kier molecular flexibility index (Phi) is 9.71. The second-order valence-corrected chi connectivity index (χ2v) is 9.93. The van der Waals surface area contributed by atoms with Gasteiger partial charge in [0.1, 0.15) is 18.1 Å². The summed E-state index contributed by atoms with van der Waals surface area (Å²) in [4.78, 5) is 53.2. The Morgan fingerprint density at radius 1 is 1.03 bits per heavy atom. The monoisotopic (exact) mass is 526 g/mol. The lowest BCUT2D eigenvalue weighted by atomic mass is 9.91. The fourth-order valence-electron chi connectivity index (χ4n) is 4.34. The van der Waals surface area contributed by atoms with Crippen LogP contribution in [0.3, 0.4) is 0 Å². The zero-order valence-electron chi connectivity index (χ0n) is 21.0. The Morgan fingerprint density at radius 3 is 2.24 bits per heavy atom. The number of fused-ring (bicyclic) bond motifs is 1. The fraction of sp³-hybridized carbons (Fsp3) is 0.407. The molecule has 1 aliphatic rings. The summed E-state index contributed by atoms with van der Waals surface area (Å²) in [5.41, 5.74) is 8.35. The van der Waals surface area contributed by atoms with Crippen LogP contribution in [0.5, 0.6) is 0 Å². The molecule has 0 radical (unpaired) electrons. The lowest BCUT2D eigenvalue weighted by Gasteiger charge is -2.39. The van der Waals surface area contributed by atoms with Crippen molar-refractivity contribution < 1.29 is 24.3 Å². The number of carboxylic acids is 1. The Bertz CT molecular complexity index is 1130. The third-order valence-electron chi connectivity index (χ3n) is 6.50. The molecule has 4 atom stereocenters. The minimum Gasteiger partial charge on any atom is -0.480 e. The number of benzene rings is 2. The number of carbonyl (C=O) groups is 4. The van der Waals surface area contributed by atoms with E-state index in [4.69, 9.17) is 5.73 Å². The molecular formula is C27H34N4O5S. The molecule has 9 nitrogen and oxygen atoms in total. The van der Waals surface area contributed by atoms with Crippen LogP contribution in [0.4, 0.5) is 0 Å². The summed E-state index contributed by atoms with van der Waals surface area (Å²) in [6, 6.07) is 12.6. The van der Waals surface area contributed by atoms with Gasteiger partial charge in [0.15, 0.2) is 0 Å². The van der Waals surface area contributed by atoms with Gasteiger partial charge in [-0.25, -0.2) is 4.79 Å². The molecule has 37 heavy (non-hydrogen) atoms. The average Bonchev–Trinajstić information content (AvgIpc) is 2.89. The van der Waals surface area contributed by atoms with Crippen molar-refractivity contribution in [3.05, 3.63) is 71.3 Å². The lowest BCUT2D eigenvalue weighted by Crippen LogP contribution is -2.61. The maximum Gasteiger partial charge on any atom is 0.326 e. The number of nitrogens with zero attached hydrogens (tertiary/aromatic N) is 1. The van der Waals surface area contributed by atoms with E-state index in [-0.39, 0.29) is 31.1 Å². The Labute approximate surface area is 222 Å². The molecule has 3 rings (SSSR count). The van der Waals surface area contributed by atoms with Crippen LogP contribution < -0.4 is 16.4 Å². The van der Waals surface area contributed by atoms with E-state index < -0.39 is 47.9 Å². The maximum atomic E-state index is 13.8. The Morgan fingerprint density at radius 2 is 1.65 bits per heavy atom. The molecule has 0 aliphatic carbocycles. The number of aliphatic carboxylic acids is 1. The first kappa shape index (κ1) is 28.2.